The van der Waals surface area contributed by atoms with Gasteiger partial charge in [0.05, 0.1) is 16.7 Å². The summed E-state index contributed by atoms with van der Waals surface area (Å²) in [5.41, 5.74) is -0.770. The van der Waals surface area contributed by atoms with E-state index in [1.807, 2.05) is 27.7 Å². The number of rotatable bonds is 4. The number of carbonyl (C=O) groups is 2. The molecule has 31 heavy (non-hydrogen) atoms. The standard InChI is InChI=1S/C23H25F3N2O3/c1-14(2)12-28-18-9-8-17(11-19(18)31-13-22(3,4)21(28)30)27-20(29)15-6-5-7-16(10-15)23(24,25)26/h5-11,14H,12-13H2,1-4H3,(H,27,29). The van der Waals surface area contributed by atoms with Gasteiger partial charge in [0.25, 0.3) is 5.91 Å². The fraction of sp³-hybridized carbons (Fsp3) is 0.391. The van der Waals surface area contributed by atoms with E-state index in [4.69, 9.17) is 4.74 Å². The Hall–Kier alpha value is -3.03. The second-order valence-electron chi connectivity index (χ2n) is 8.70. The number of nitrogens with zero attached hydrogens (tertiary/aromatic N) is 1. The zero-order chi connectivity index (χ0) is 23.0. The summed E-state index contributed by atoms with van der Waals surface area (Å²) in [5.74, 6) is -0.0665. The van der Waals surface area contributed by atoms with E-state index in [2.05, 4.69) is 5.32 Å². The van der Waals surface area contributed by atoms with Crippen LogP contribution in [0.5, 0.6) is 5.75 Å². The van der Waals surface area contributed by atoms with E-state index in [0.29, 0.717) is 23.7 Å². The Morgan fingerprint density at radius 2 is 1.90 bits per heavy atom. The summed E-state index contributed by atoms with van der Waals surface area (Å²) in [6.45, 7) is 8.31. The first kappa shape index (κ1) is 22.7. The minimum Gasteiger partial charge on any atom is -0.490 e. The lowest BCUT2D eigenvalue weighted by molar-refractivity contribution is -0.137. The maximum Gasteiger partial charge on any atom is 0.416 e. The van der Waals surface area contributed by atoms with Crippen LogP contribution >= 0.6 is 0 Å². The molecule has 0 atom stereocenters. The molecule has 0 aromatic heterocycles. The Morgan fingerprint density at radius 1 is 1.19 bits per heavy atom. The number of halogens is 3. The lowest BCUT2D eigenvalue weighted by Crippen LogP contribution is -2.43. The largest absolute Gasteiger partial charge is 0.490 e. The normalized spacial score (nSPS) is 15.9. The number of carbonyl (C=O) groups excluding carboxylic acids is 2. The predicted octanol–water partition coefficient (Wildman–Crippen LogP) is 5.37. The fourth-order valence-corrected chi connectivity index (χ4v) is 3.31. The molecule has 0 bridgehead atoms. The average Bonchev–Trinajstić information content (AvgIpc) is 2.77. The van der Waals surface area contributed by atoms with Crippen LogP contribution < -0.4 is 15.0 Å². The van der Waals surface area contributed by atoms with Gasteiger partial charge in [-0.25, -0.2) is 0 Å². The van der Waals surface area contributed by atoms with Crippen LogP contribution in [0, 0.1) is 11.3 Å². The Morgan fingerprint density at radius 3 is 2.55 bits per heavy atom. The molecule has 3 rings (SSSR count). The number of fused-ring (bicyclic) bond motifs is 1. The van der Waals surface area contributed by atoms with Gasteiger partial charge in [-0.2, -0.15) is 13.2 Å². The molecule has 2 aromatic carbocycles. The summed E-state index contributed by atoms with van der Waals surface area (Å²) < 4.78 is 44.7. The van der Waals surface area contributed by atoms with E-state index >= 15 is 0 Å². The molecule has 1 heterocycles. The summed E-state index contributed by atoms with van der Waals surface area (Å²) in [4.78, 5) is 27.2. The number of hydrogen-bond acceptors (Lipinski definition) is 3. The van der Waals surface area contributed by atoms with Crippen LogP contribution in [0.1, 0.15) is 43.6 Å². The number of benzene rings is 2. The van der Waals surface area contributed by atoms with Crippen molar-refractivity contribution in [2.45, 2.75) is 33.9 Å². The molecule has 0 unspecified atom stereocenters. The summed E-state index contributed by atoms with van der Waals surface area (Å²) in [5, 5.41) is 2.61. The molecule has 0 fully saturated rings. The number of hydrogen-bond donors (Lipinski definition) is 1. The van der Waals surface area contributed by atoms with Gasteiger partial charge in [-0.15, -0.1) is 0 Å². The van der Waals surface area contributed by atoms with E-state index < -0.39 is 23.1 Å². The molecule has 0 saturated carbocycles. The second-order valence-corrected chi connectivity index (χ2v) is 8.70. The van der Waals surface area contributed by atoms with Crippen molar-refractivity contribution < 1.29 is 27.5 Å². The van der Waals surface area contributed by atoms with Gasteiger partial charge < -0.3 is 15.0 Å². The third-order valence-electron chi connectivity index (χ3n) is 4.92. The first-order valence-corrected chi connectivity index (χ1v) is 9.96. The summed E-state index contributed by atoms with van der Waals surface area (Å²) >= 11 is 0. The van der Waals surface area contributed by atoms with Gasteiger partial charge in [-0.05, 0) is 50.1 Å². The molecule has 5 nitrogen and oxygen atoms in total. The highest BCUT2D eigenvalue weighted by Crippen LogP contribution is 2.38. The number of anilines is 2. The van der Waals surface area contributed by atoms with E-state index in [0.717, 1.165) is 12.1 Å². The van der Waals surface area contributed by atoms with Crippen molar-refractivity contribution in [3.63, 3.8) is 0 Å². The third kappa shape index (κ3) is 5.00. The highest BCUT2D eigenvalue weighted by atomic mass is 19.4. The Balaban J connectivity index is 1.89. The van der Waals surface area contributed by atoms with Gasteiger partial charge >= 0.3 is 6.18 Å². The highest BCUT2D eigenvalue weighted by Gasteiger charge is 2.38. The van der Waals surface area contributed by atoms with E-state index in [1.54, 1.807) is 23.1 Å². The molecule has 1 aliphatic rings. The van der Waals surface area contributed by atoms with Crippen molar-refractivity contribution >= 4 is 23.2 Å². The SMILES string of the molecule is CC(C)CN1C(=O)C(C)(C)COc2cc(NC(=O)c3cccc(C(F)(F)F)c3)ccc21. The minimum absolute atomic E-state index is 0.0549. The number of ether oxygens (including phenoxy) is 1. The molecule has 0 saturated heterocycles. The van der Waals surface area contributed by atoms with Gasteiger partial charge in [0, 0.05) is 23.9 Å². The van der Waals surface area contributed by atoms with Crippen molar-refractivity contribution in [2.24, 2.45) is 11.3 Å². The lowest BCUT2D eigenvalue weighted by Gasteiger charge is -2.29. The number of nitrogens with one attached hydrogen (secondary N) is 1. The summed E-state index contributed by atoms with van der Waals surface area (Å²) in [6, 6.07) is 9.09. The Labute approximate surface area is 179 Å². The topological polar surface area (TPSA) is 58.6 Å². The van der Waals surface area contributed by atoms with Crippen LogP contribution in [0.4, 0.5) is 24.5 Å². The zero-order valence-corrected chi connectivity index (χ0v) is 17.8. The van der Waals surface area contributed by atoms with Crippen LogP contribution in [-0.2, 0) is 11.0 Å². The Bertz CT molecular complexity index is 1000. The van der Waals surface area contributed by atoms with Crippen molar-refractivity contribution in [2.75, 3.05) is 23.4 Å². The molecule has 0 aliphatic carbocycles. The molecule has 1 aliphatic heterocycles. The first-order chi connectivity index (χ1) is 14.4. The number of alkyl halides is 3. The van der Waals surface area contributed by atoms with Crippen LogP contribution in [0.3, 0.4) is 0 Å². The molecule has 8 heteroatoms. The average molecular weight is 434 g/mol. The lowest BCUT2D eigenvalue weighted by atomic mass is 9.92. The zero-order valence-electron chi connectivity index (χ0n) is 17.8. The van der Waals surface area contributed by atoms with Crippen LogP contribution in [-0.4, -0.2) is 25.0 Å². The highest BCUT2D eigenvalue weighted by molar-refractivity contribution is 6.05. The van der Waals surface area contributed by atoms with Crippen molar-refractivity contribution in [1.29, 1.82) is 0 Å². The van der Waals surface area contributed by atoms with Crippen LogP contribution in [0.25, 0.3) is 0 Å². The molecule has 2 aromatic rings. The maximum atomic E-state index is 13.0. The van der Waals surface area contributed by atoms with Crippen LogP contribution in [0.2, 0.25) is 0 Å². The Kier molecular flexibility index (Phi) is 6.02. The summed E-state index contributed by atoms with van der Waals surface area (Å²) in [6.07, 6.45) is -4.53. The monoisotopic (exact) mass is 434 g/mol. The van der Waals surface area contributed by atoms with E-state index in [1.165, 1.54) is 12.1 Å². The van der Waals surface area contributed by atoms with Crippen molar-refractivity contribution in [1.82, 2.24) is 0 Å². The molecule has 0 radical (unpaired) electrons. The molecule has 1 N–H and O–H groups in total. The molecule has 0 spiro atoms. The molecular weight excluding hydrogens is 409 g/mol. The van der Waals surface area contributed by atoms with Gasteiger partial charge in [-0.1, -0.05) is 19.9 Å². The molecule has 166 valence electrons. The van der Waals surface area contributed by atoms with Gasteiger partial charge in [0.2, 0.25) is 5.91 Å². The maximum absolute atomic E-state index is 13.0. The van der Waals surface area contributed by atoms with Gasteiger partial charge in [-0.3, -0.25) is 9.59 Å². The van der Waals surface area contributed by atoms with E-state index in [-0.39, 0.29) is 24.0 Å². The van der Waals surface area contributed by atoms with Crippen LogP contribution in [0.15, 0.2) is 42.5 Å². The van der Waals surface area contributed by atoms with Crippen molar-refractivity contribution in [3.05, 3.63) is 53.6 Å². The van der Waals surface area contributed by atoms with Gasteiger partial charge in [0.15, 0.2) is 0 Å². The smallest absolute Gasteiger partial charge is 0.416 e. The first-order valence-electron chi connectivity index (χ1n) is 9.96. The quantitative estimate of drug-likeness (QED) is 0.704. The fourth-order valence-electron chi connectivity index (χ4n) is 3.31. The third-order valence-corrected chi connectivity index (χ3v) is 4.92. The second kappa shape index (κ2) is 8.24. The molecule has 2 amide bonds. The minimum atomic E-state index is -4.53. The van der Waals surface area contributed by atoms with Crippen molar-refractivity contribution in [3.8, 4) is 5.75 Å². The summed E-state index contributed by atoms with van der Waals surface area (Å²) in [7, 11) is 0. The molecular formula is C23H25F3N2O3. The van der Waals surface area contributed by atoms with E-state index in [9.17, 15) is 22.8 Å². The number of amides is 2. The van der Waals surface area contributed by atoms with Gasteiger partial charge in [0.1, 0.15) is 12.4 Å². The predicted molar refractivity (Wildman–Crippen MR) is 112 cm³/mol.